The molecule has 2 amide bonds. The number of fused-ring (bicyclic) bond motifs is 1. The van der Waals surface area contributed by atoms with Crippen molar-refractivity contribution in [1.29, 1.82) is 0 Å². The quantitative estimate of drug-likeness (QED) is 0.848. The van der Waals surface area contributed by atoms with Crippen molar-refractivity contribution in [3.8, 4) is 5.75 Å². The molecule has 1 N–H and O–H groups in total. The lowest BCUT2D eigenvalue weighted by atomic mass is 9.87. The summed E-state index contributed by atoms with van der Waals surface area (Å²) in [5.74, 6) is 0.403. The Kier molecular flexibility index (Phi) is 3.88. The van der Waals surface area contributed by atoms with E-state index in [0.29, 0.717) is 13.2 Å². The standard InChI is InChI=1S/C16H20N2O4/c1-3-6-18-14(19)8-17-16(2,15(18)20)12-4-5-13-11(7-12)9-21-10-22-13/h4-5,7,17H,3,6,8-10H2,1-2H3. The third-order valence-electron chi connectivity index (χ3n) is 4.21. The maximum Gasteiger partial charge on any atom is 0.253 e. The van der Waals surface area contributed by atoms with Gasteiger partial charge in [0.05, 0.1) is 13.2 Å². The highest BCUT2D eigenvalue weighted by Crippen LogP contribution is 2.32. The Morgan fingerprint density at radius 3 is 2.95 bits per heavy atom. The number of amides is 2. The molecule has 0 radical (unpaired) electrons. The van der Waals surface area contributed by atoms with Crippen molar-refractivity contribution in [1.82, 2.24) is 10.2 Å². The number of carbonyl (C=O) groups excluding carboxylic acids is 2. The van der Waals surface area contributed by atoms with Crippen molar-refractivity contribution in [3.05, 3.63) is 29.3 Å². The number of hydrogen-bond donors (Lipinski definition) is 1. The Labute approximate surface area is 129 Å². The zero-order chi connectivity index (χ0) is 15.7. The van der Waals surface area contributed by atoms with Crippen LogP contribution < -0.4 is 10.1 Å². The monoisotopic (exact) mass is 304 g/mol. The van der Waals surface area contributed by atoms with Crippen LogP contribution in [0.25, 0.3) is 0 Å². The van der Waals surface area contributed by atoms with Crippen molar-refractivity contribution in [2.75, 3.05) is 19.9 Å². The van der Waals surface area contributed by atoms with Gasteiger partial charge in [-0.2, -0.15) is 0 Å². The molecule has 2 aliphatic rings. The van der Waals surface area contributed by atoms with Crippen LogP contribution in [0.15, 0.2) is 18.2 Å². The van der Waals surface area contributed by atoms with Crippen LogP contribution in [0.5, 0.6) is 5.75 Å². The van der Waals surface area contributed by atoms with Crippen LogP contribution >= 0.6 is 0 Å². The van der Waals surface area contributed by atoms with Gasteiger partial charge < -0.3 is 9.47 Å². The first-order chi connectivity index (χ1) is 10.6. The maximum absolute atomic E-state index is 12.8. The second kappa shape index (κ2) is 5.70. The van der Waals surface area contributed by atoms with Crippen molar-refractivity contribution >= 4 is 11.8 Å². The summed E-state index contributed by atoms with van der Waals surface area (Å²) in [7, 11) is 0. The van der Waals surface area contributed by atoms with Crippen LogP contribution in [0.4, 0.5) is 0 Å². The molecule has 1 fully saturated rings. The van der Waals surface area contributed by atoms with E-state index in [0.717, 1.165) is 23.3 Å². The second-order valence-electron chi connectivity index (χ2n) is 5.76. The molecule has 0 spiro atoms. The first kappa shape index (κ1) is 15.0. The van der Waals surface area contributed by atoms with Gasteiger partial charge in [0.25, 0.3) is 5.91 Å². The van der Waals surface area contributed by atoms with Crippen molar-refractivity contribution < 1.29 is 19.1 Å². The molecule has 2 heterocycles. The predicted octanol–water partition coefficient (Wildman–Crippen LogP) is 1.14. The Hall–Kier alpha value is -1.92. The molecule has 3 rings (SSSR count). The van der Waals surface area contributed by atoms with Gasteiger partial charge >= 0.3 is 0 Å². The van der Waals surface area contributed by atoms with Crippen molar-refractivity contribution in [3.63, 3.8) is 0 Å². The zero-order valence-electron chi connectivity index (χ0n) is 12.8. The van der Waals surface area contributed by atoms with E-state index in [1.807, 2.05) is 32.0 Å². The second-order valence-corrected chi connectivity index (χ2v) is 5.76. The minimum Gasteiger partial charge on any atom is -0.467 e. The normalized spacial score (nSPS) is 24.9. The molecule has 0 aromatic heterocycles. The number of rotatable bonds is 3. The number of piperazine rings is 1. The molecule has 1 aromatic carbocycles. The average Bonchev–Trinajstić information content (AvgIpc) is 2.55. The fourth-order valence-electron chi connectivity index (χ4n) is 2.88. The summed E-state index contributed by atoms with van der Waals surface area (Å²) in [5, 5.41) is 3.08. The molecule has 1 unspecified atom stereocenters. The van der Waals surface area contributed by atoms with Gasteiger partial charge in [0.2, 0.25) is 5.91 Å². The maximum atomic E-state index is 12.8. The minimum atomic E-state index is -0.907. The lowest BCUT2D eigenvalue weighted by molar-refractivity contribution is -0.153. The summed E-state index contributed by atoms with van der Waals surface area (Å²) in [4.78, 5) is 26.1. The Bertz CT molecular complexity index is 616. The number of carbonyl (C=O) groups is 2. The molecule has 118 valence electrons. The first-order valence-electron chi connectivity index (χ1n) is 7.50. The highest BCUT2D eigenvalue weighted by Gasteiger charge is 2.44. The number of ether oxygens (including phenoxy) is 2. The van der Waals surface area contributed by atoms with Gasteiger partial charge in [-0.05, 0) is 31.0 Å². The molecule has 6 heteroatoms. The predicted molar refractivity (Wildman–Crippen MR) is 79.1 cm³/mol. The molecule has 0 bridgehead atoms. The van der Waals surface area contributed by atoms with Crippen LogP contribution in [0.1, 0.15) is 31.4 Å². The molecule has 1 aromatic rings. The summed E-state index contributed by atoms with van der Waals surface area (Å²) in [6, 6.07) is 5.64. The van der Waals surface area contributed by atoms with Crippen LogP contribution in [0.3, 0.4) is 0 Å². The third kappa shape index (κ3) is 2.38. The summed E-state index contributed by atoms with van der Waals surface area (Å²) < 4.78 is 10.7. The number of nitrogens with zero attached hydrogens (tertiary/aromatic N) is 1. The van der Waals surface area contributed by atoms with E-state index in [1.165, 1.54) is 4.90 Å². The number of nitrogens with one attached hydrogen (secondary N) is 1. The van der Waals surface area contributed by atoms with E-state index in [1.54, 1.807) is 0 Å². The Morgan fingerprint density at radius 1 is 1.36 bits per heavy atom. The van der Waals surface area contributed by atoms with Gasteiger partial charge in [0.15, 0.2) is 6.79 Å². The van der Waals surface area contributed by atoms with Crippen molar-refractivity contribution in [2.24, 2.45) is 0 Å². The third-order valence-corrected chi connectivity index (χ3v) is 4.21. The number of imide groups is 1. The summed E-state index contributed by atoms with van der Waals surface area (Å²) in [5.41, 5.74) is 0.827. The van der Waals surface area contributed by atoms with E-state index in [9.17, 15) is 9.59 Å². The lowest BCUT2D eigenvalue weighted by Gasteiger charge is -2.39. The summed E-state index contributed by atoms with van der Waals surface area (Å²) in [6.07, 6.45) is 0.749. The topological polar surface area (TPSA) is 67.9 Å². The largest absolute Gasteiger partial charge is 0.467 e. The van der Waals surface area contributed by atoms with Gasteiger partial charge in [0.1, 0.15) is 11.3 Å². The first-order valence-corrected chi connectivity index (χ1v) is 7.50. The van der Waals surface area contributed by atoms with E-state index < -0.39 is 5.54 Å². The van der Waals surface area contributed by atoms with E-state index in [2.05, 4.69) is 5.32 Å². The van der Waals surface area contributed by atoms with Crippen LogP contribution in [0, 0.1) is 0 Å². The molecule has 1 saturated heterocycles. The van der Waals surface area contributed by atoms with Crippen molar-refractivity contribution in [2.45, 2.75) is 32.4 Å². The highest BCUT2D eigenvalue weighted by atomic mass is 16.7. The molecular formula is C16H20N2O4. The molecular weight excluding hydrogens is 284 g/mol. The van der Waals surface area contributed by atoms with Crippen LogP contribution in [-0.4, -0.2) is 36.6 Å². The van der Waals surface area contributed by atoms with Gasteiger partial charge in [-0.25, -0.2) is 0 Å². The van der Waals surface area contributed by atoms with E-state index in [-0.39, 0.29) is 25.2 Å². The molecule has 22 heavy (non-hydrogen) atoms. The van der Waals surface area contributed by atoms with E-state index in [4.69, 9.17) is 9.47 Å². The molecule has 2 aliphatic heterocycles. The summed E-state index contributed by atoms with van der Waals surface area (Å²) >= 11 is 0. The summed E-state index contributed by atoms with van der Waals surface area (Å²) in [6.45, 7) is 5.09. The lowest BCUT2D eigenvalue weighted by Crippen LogP contribution is -2.63. The fraction of sp³-hybridized carbons (Fsp3) is 0.500. The Balaban J connectivity index is 1.95. The average molecular weight is 304 g/mol. The van der Waals surface area contributed by atoms with Gasteiger partial charge in [0, 0.05) is 12.1 Å². The van der Waals surface area contributed by atoms with E-state index >= 15 is 0 Å². The highest BCUT2D eigenvalue weighted by molar-refractivity contribution is 6.03. The van der Waals surface area contributed by atoms with Crippen LogP contribution in [-0.2, 0) is 26.5 Å². The van der Waals surface area contributed by atoms with Crippen LogP contribution in [0.2, 0.25) is 0 Å². The number of hydrogen-bond acceptors (Lipinski definition) is 5. The van der Waals surface area contributed by atoms with Gasteiger partial charge in [-0.3, -0.25) is 19.8 Å². The molecule has 6 nitrogen and oxygen atoms in total. The zero-order valence-corrected chi connectivity index (χ0v) is 12.8. The minimum absolute atomic E-state index is 0.159. The fourth-order valence-corrected chi connectivity index (χ4v) is 2.88. The van der Waals surface area contributed by atoms with Gasteiger partial charge in [-0.15, -0.1) is 0 Å². The molecule has 1 atom stereocenters. The smallest absolute Gasteiger partial charge is 0.253 e. The molecule has 0 saturated carbocycles. The Morgan fingerprint density at radius 2 is 2.18 bits per heavy atom. The van der Waals surface area contributed by atoms with Gasteiger partial charge in [-0.1, -0.05) is 13.0 Å². The molecule has 0 aliphatic carbocycles. The number of benzene rings is 1. The SMILES string of the molecule is CCCN1C(=O)CNC(C)(c2ccc3c(c2)COCO3)C1=O.